The van der Waals surface area contributed by atoms with Gasteiger partial charge in [-0.15, -0.1) is 0 Å². The molecule has 3 aliphatic rings. The molecule has 0 heteroatoms. The van der Waals surface area contributed by atoms with E-state index in [0.717, 1.165) is 0 Å². The number of hydrogen-bond donors (Lipinski definition) is 0. The SMILES string of the molecule is C1=C2C(=C3c4ccccc4-c4ccccc43)C(C1)CCCCCc1ccccc12. The van der Waals surface area contributed by atoms with E-state index in [1.807, 2.05) is 0 Å². The first-order valence-corrected chi connectivity index (χ1v) is 11.1. The van der Waals surface area contributed by atoms with Crippen LogP contribution in [0.15, 0.2) is 84.4 Å². The quantitative estimate of drug-likeness (QED) is 0.296. The first-order chi connectivity index (χ1) is 14.4. The first-order valence-electron chi connectivity index (χ1n) is 11.1. The summed E-state index contributed by atoms with van der Waals surface area (Å²) in [5.74, 6) is 0.644. The van der Waals surface area contributed by atoms with Gasteiger partial charge in [-0.2, -0.15) is 0 Å². The van der Waals surface area contributed by atoms with Gasteiger partial charge in [0.15, 0.2) is 0 Å². The fraction of sp³-hybridized carbons (Fsp3) is 0.241. The molecule has 0 N–H and O–H groups in total. The lowest BCUT2D eigenvalue weighted by Crippen LogP contribution is -2.06. The average Bonchev–Trinajstić information content (AvgIpc) is 3.31. The minimum absolute atomic E-state index is 0.644. The molecule has 0 aromatic heterocycles. The highest BCUT2D eigenvalue weighted by molar-refractivity contribution is 6.07. The van der Waals surface area contributed by atoms with Crippen molar-refractivity contribution in [3.63, 3.8) is 0 Å². The van der Waals surface area contributed by atoms with Crippen molar-refractivity contribution in [3.05, 3.63) is 107 Å². The predicted octanol–water partition coefficient (Wildman–Crippen LogP) is 7.69. The molecule has 0 saturated carbocycles. The number of benzene rings is 3. The molecule has 0 heterocycles. The van der Waals surface area contributed by atoms with Crippen LogP contribution in [0.1, 0.15) is 54.4 Å². The summed E-state index contributed by atoms with van der Waals surface area (Å²) >= 11 is 0. The van der Waals surface area contributed by atoms with E-state index in [4.69, 9.17) is 0 Å². The minimum atomic E-state index is 0.644. The molecule has 0 radical (unpaired) electrons. The molecule has 1 unspecified atom stereocenters. The number of rotatable bonds is 0. The number of allylic oxidation sites excluding steroid dienone is 3. The van der Waals surface area contributed by atoms with Crippen LogP contribution in [-0.4, -0.2) is 0 Å². The van der Waals surface area contributed by atoms with Crippen LogP contribution in [-0.2, 0) is 6.42 Å². The summed E-state index contributed by atoms with van der Waals surface area (Å²) in [6, 6.07) is 27.2. The second-order valence-corrected chi connectivity index (χ2v) is 8.69. The van der Waals surface area contributed by atoms with Crippen molar-refractivity contribution >= 4 is 11.1 Å². The fourth-order valence-electron chi connectivity index (χ4n) is 5.76. The van der Waals surface area contributed by atoms with Crippen molar-refractivity contribution in [2.24, 2.45) is 5.92 Å². The van der Waals surface area contributed by atoms with E-state index in [1.54, 1.807) is 5.57 Å². The minimum Gasteiger partial charge on any atom is -0.0757 e. The second kappa shape index (κ2) is 6.88. The van der Waals surface area contributed by atoms with Gasteiger partial charge in [0.25, 0.3) is 0 Å². The Bertz CT molecular complexity index is 1110. The third-order valence-corrected chi connectivity index (χ3v) is 7.06. The van der Waals surface area contributed by atoms with E-state index in [9.17, 15) is 0 Å². The van der Waals surface area contributed by atoms with Gasteiger partial charge < -0.3 is 0 Å². The molecule has 0 aliphatic heterocycles. The van der Waals surface area contributed by atoms with Gasteiger partial charge in [0, 0.05) is 0 Å². The van der Waals surface area contributed by atoms with Crippen LogP contribution in [0.4, 0.5) is 0 Å². The number of aryl methyl sites for hydroxylation is 1. The van der Waals surface area contributed by atoms with Gasteiger partial charge >= 0.3 is 0 Å². The van der Waals surface area contributed by atoms with Gasteiger partial charge in [-0.25, -0.2) is 0 Å². The lowest BCUT2D eigenvalue weighted by molar-refractivity contribution is 0.534. The van der Waals surface area contributed by atoms with Crippen LogP contribution in [0.25, 0.3) is 22.3 Å². The Labute approximate surface area is 173 Å². The summed E-state index contributed by atoms with van der Waals surface area (Å²) < 4.78 is 0. The van der Waals surface area contributed by atoms with Crippen LogP contribution in [0, 0.1) is 5.92 Å². The third-order valence-electron chi connectivity index (χ3n) is 7.06. The number of hydrogen-bond acceptors (Lipinski definition) is 0. The van der Waals surface area contributed by atoms with Crippen LogP contribution in [0.3, 0.4) is 0 Å². The monoisotopic (exact) mass is 374 g/mol. The zero-order valence-electron chi connectivity index (χ0n) is 16.8. The maximum Gasteiger partial charge on any atom is -0.00578 e. The zero-order valence-corrected chi connectivity index (χ0v) is 16.8. The van der Waals surface area contributed by atoms with E-state index >= 15 is 0 Å². The van der Waals surface area contributed by atoms with E-state index < -0.39 is 0 Å². The lowest BCUT2D eigenvalue weighted by atomic mass is 9.81. The van der Waals surface area contributed by atoms with Crippen molar-refractivity contribution in [1.82, 2.24) is 0 Å². The first kappa shape index (κ1) is 17.0. The molecule has 0 amide bonds. The molecule has 1 atom stereocenters. The van der Waals surface area contributed by atoms with Gasteiger partial charge in [0.05, 0.1) is 0 Å². The summed E-state index contributed by atoms with van der Waals surface area (Å²) in [4.78, 5) is 0. The van der Waals surface area contributed by atoms with Crippen molar-refractivity contribution in [2.75, 3.05) is 0 Å². The van der Waals surface area contributed by atoms with E-state index in [2.05, 4.69) is 78.9 Å². The Morgan fingerprint density at radius 3 is 1.93 bits per heavy atom. The maximum absolute atomic E-state index is 2.54. The second-order valence-electron chi connectivity index (χ2n) is 8.69. The standard InChI is InChI=1S/C29H26/c1-2-10-20-11-4-5-13-22(20)27-19-18-21(12-3-1)28(27)29-25-16-8-6-14-23(25)24-15-7-9-17-26(24)29/h4-9,11,13-17,19,21H,1-3,10,12,18H2. The molecular weight excluding hydrogens is 348 g/mol. The molecule has 2 bridgehead atoms. The summed E-state index contributed by atoms with van der Waals surface area (Å²) in [6.45, 7) is 0. The Morgan fingerprint density at radius 2 is 1.21 bits per heavy atom. The third kappa shape index (κ3) is 2.66. The summed E-state index contributed by atoms with van der Waals surface area (Å²) in [5.41, 5.74) is 13.3. The topological polar surface area (TPSA) is 0 Å². The highest BCUT2D eigenvalue weighted by atomic mass is 14.4. The van der Waals surface area contributed by atoms with Gasteiger partial charge in [0.2, 0.25) is 0 Å². The summed E-state index contributed by atoms with van der Waals surface area (Å²) in [5, 5.41) is 0. The van der Waals surface area contributed by atoms with E-state index in [-0.39, 0.29) is 0 Å². The molecule has 0 nitrogen and oxygen atoms in total. The Kier molecular flexibility index (Phi) is 4.04. The van der Waals surface area contributed by atoms with Crippen molar-refractivity contribution in [1.29, 1.82) is 0 Å². The largest absolute Gasteiger partial charge is 0.0757 e. The van der Waals surface area contributed by atoms with E-state index in [0.29, 0.717) is 5.92 Å². The molecule has 142 valence electrons. The highest BCUT2D eigenvalue weighted by Gasteiger charge is 2.33. The Hall–Kier alpha value is -2.86. The maximum atomic E-state index is 2.54. The summed E-state index contributed by atoms with van der Waals surface area (Å²) in [7, 11) is 0. The van der Waals surface area contributed by atoms with Crippen LogP contribution < -0.4 is 0 Å². The molecule has 3 aromatic carbocycles. The van der Waals surface area contributed by atoms with Gasteiger partial charge in [-0.1, -0.05) is 91.7 Å². The van der Waals surface area contributed by atoms with Crippen LogP contribution in [0.5, 0.6) is 0 Å². The van der Waals surface area contributed by atoms with E-state index in [1.165, 1.54) is 83.1 Å². The lowest BCUT2D eigenvalue weighted by Gasteiger charge is -2.23. The molecule has 6 rings (SSSR count). The zero-order chi connectivity index (χ0) is 19.2. The Balaban J connectivity index is 1.66. The van der Waals surface area contributed by atoms with Crippen molar-refractivity contribution in [2.45, 2.75) is 38.5 Å². The molecule has 0 fully saturated rings. The molecule has 29 heavy (non-hydrogen) atoms. The van der Waals surface area contributed by atoms with Crippen LogP contribution in [0.2, 0.25) is 0 Å². The normalized spacial score (nSPS) is 20.0. The van der Waals surface area contributed by atoms with Gasteiger partial charge in [-0.3, -0.25) is 0 Å². The molecule has 0 saturated heterocycles. The number of fused-ring (bicyclic) bond motifs is 7. The fourth-order valence-corrected chi connectivity index (χ4v) is 5.76. The average molecular weight is 375 g/mol. The van der Waals surface area contributed by atoms with Crippen molar-refractivity contribution in [3.8, 4) is 11.1 Å². The van der Waals surface area contributed by atoms with Crippen LogP contribution >= 0.6 is 0 Å². The molecular formula is C29H26. The van der Waals surface area contributed by atoms with Gasteiger partial charge in [0.1, 0.15) is 0 Å². The predicted molar refractivity (Wildman–Crippen MR) is 123 cm³/mol. The molecule has 0 spiro atoms. The Morgan fingerprint density at radius 1 is 0.586 bits per heavy atom. The van der Waals surface area contributed by atoms with Crippen molar-refractivity contribution < 1.29 is 0 Å². The summed E-state index contributed by atoms with van der Waals surface area (Å²) in [6.07, 6.45) is 10.2. The van der Waals surface area contributed by atoms with Gasteiger partial charge in [-0.05, 0) is 81.7 Å². The smallest absolute Gasteiger partial charge is 0.00578 e. The highest BCUT2D eigenvalue weighted by Crippen LogP contribution is 2.53. The molecule has 3 aliphatic carbocycles. The molecule has 3 aromatic rings.